The number of rotatable bonds is 5. The van der Waals surface area contributed by atoms with Crippen LogP contribution < -0.4 is 10.2 Å². The molecule has 0 bridgehead atoms. The first kappa shape index (κ1) is 13.3. The highest BCUT2D eigenvalue weighted by Gasteiger charge is 2.24. The zero-order chi connectivity index (χ0) is 13.0. The fourth-order valence-corrected chi connectivity index (χ4v) is 2.05. The van der Waals surface area contributed by atoms with E-state index in [1.165, 1.54) is 0 Å². The predicted octanol–water partition coefficient (Wildman–Crippen LogP) is 1.57. The van der Waals surface area contributed by atoms with Crippen molar-refractivity contribution < 1.29 is 4.74 Å². The van der Waals surface area contributed by atoms with Crippen LogP contribution in [0.15, 0.2) is 0 Å². The van der Waals surface area contributed by atoms with E-state index in [9.17, 15) is 0 Å². The summed E-state index contributed by atoms with van der Waals surface area (Å²) in [6.45, 7) is 4.58. The molecule has 1 aliphatic rings. The molecule has 100 valence electrons. The van der Waals surface area contributed by atoms with Crippen molar-refractivity contribution in [1.82, 2.24) is 15.0 Å². The first-order valence-electron chi connectivity index (χ1n) is 6.16. The number of ether oxygens (including phenoxy) is 1. The maximum atomic E-state index is 5.92. The summed E-state index contributed by atoms with van der Waals surface area (Å²) >= 11 is 5.92. The van der Waals surface area contributed by atoms with E-state index >= 15 is 0 Å². The third-order valence-corrected chi connectivity index (χ3v) is 3.06. The molecule has 0 saturated carbocycles. The van der Waals surface area contributed by atoms with Gasteiger partial charge in [-0.25, -0.2) is 0 Å². The lowest BCUT2D eigenvalue weighted by Crippen LogP contribution is -2.25. The average molecular weight is 272 g/mol. The summed E-state index contributed by atoms with van der Waals surface area (Å²) in [5.74, 6) is 1.15. The quantitative estimate of drug-likeness (QED) is 0.877. The van der Waals surface area contributed by atoms with E-state index in [4.69, 9.17) is 16.3 Å². The highest BCUT2D eigenvalue weighted by molar-refractivity contribution is 6.28. The number of nitrogens with zero attached hydrogens (tertiary/aromatic N) is 4. The molecule has 1 fully saturated rings. The van der Waals surface area contributed by atoms with Crippen molar-refractivity contribution in [3.05, 3.63) is 5.28 Å². The van der Waals surface area contributed by atoms with Gasteiger partial charge >= 0.3 is 0 Å². The lowest BCUT2D eigenvalue weighted by atomic mass is 10.3. The Labute approximate surface area is 112 Å². The summed E-state index contributed by atoms with van der Waals surface area (Å²) in [7, 11) is 1.72. The molecule has 1 unspecified atom stereocenters. The van der Waals surface area contributed by atoms with Gasteiger partial charge in [-0.05, 0) is 24.4 Å². The number of methoxy groups -OCH3 is 1. The summed E-state index contributed by atoms with van der Waals surface area (Å²) in [4.78, 5) is 14.7. The van der Waals surface area contributed by atoms with Gasteiger partial charge in [-0.3, -0.25) is 0 Å². The Morgan fingerprint density at radius 2 is 2.28 bits per heavy atom. The van der Waals surface area contributed by atoms with E-state index in [-0.39, 0.29) is 11.4 Å². The highest BCUT2D eigenvalue weighted by Crippen LogP contribution is 2.20. The standard InChI is InChI=1S/C11H18ClN5O/c1-3-5-13-10-14-9(12)15-11(16-10)17-6-4-8(7-17)18-2/h8H,3-7H2,1-2H3,(H,13,14,15,16). The van der Waals surface area contributed by atoms with Crippen LogP contribution in [-0.4, -0.2) is 47.8 Å². The summed E-state index contributed by atoms with van der Waals surface area (Å²) in [6, 6.07) is 0. The molecule has 7 heteroatoms. The summed E-state index contributed by atoms with van der Waals surface area (Å²) in [6.07, 6.45) is 2.23. The Hall–Kier alpha value is -1.14. The summed E-state index contributed by atoms with van der Waals surface area (Å²) in [5, 5.41) is 3.34. The molecule has 0 aliphatic carbocycles. The fraction of sp³-hybridized carbons (Fsp3) is 0.727. The molecule has 1 saturated heterocycles. The number of hydrogen-bond donors (Lipinski definition) is 1. The van der Waals surface area contributed by atoms with Gasteiger partial charge in [0.15, 0.2) is 0 Å². The summed E-state index contributed by atoms with van der Waals surface area (Å²) in [5.41, 5.74) is 0. The van der Waals surface area contributed by atoms with E-state index in [1.807, 2.05) is 0 Å². The molecule has 1 N–H and O–H groups in total. The van der Waals surface area contributed by atoms with E-state index < -0.39 is 0 Å². The number of nitrogens with one attached hydrogen (secondary N) is 1. The Bertz CT molecular complexity index is 403. The van der Waals surface area contributed by atoms with Crippen molar-refractivity contribution in [2.45, 2.75) is 25.9 Å². The summed E-state index contributed by atoms with van der Waals surface area (Å²) < 4.78 is 5.33. The monoisotopic (exact) mass is 271 g/mol. The third-order valence-electron chi connectivity index (χ3n) is 2.89. The van der Waals surface area contributed by atoms with Crippen molar-refractivity contribution in [3.8, 4) is 0 Å². The molecule has 1 atom stereocenters. The van der Waals surface area contributed by atoms with Crippen LogP contribution in [0.5, 0.6) is 0 Å². The van der Waals surface area contributed by atoms with Gasteiger partial charge in [0.05, 0.1) is 6.10 Å². The molecule has 2 rings (SSSR count). The Kier molecular flexibility index (Phi) is 4.54. The Morgan fingerprint density at radius 3 is 2.94 bits per heavy atom. The van der Waals surface area contributed by atoms with Gasteiger partial charge in [-0.2, -0.15) is 15.0 Å². The largest absolute Gasteiger partial charge is 0.380 e. The predicted molar refractivity (Wildman–Crippen MR) is 71.2 cm³/mol. The molecule has 6 nitrogen and oxygen atoms in total. The van der Waals surface area contributed by atoms with Crippen molar-refractivity contribution in [2.24, 2.45) is 0 Å². The lowest BCUT2D eigenvalue weighted by molar-refractivity contribution is 0.121. The second-order valence-corrected chi connectivity index (χ2v) is 4.59. The van der Waals surface area contributed by atoms with Gasteiger partial charge < -0.3 is 15.0 Å². The van der Waals surface area contributed by atoms with Gasteiger partial charge in [0.2, 0.25) is 17.2 Å². The van der Waals surface area contributed by atoms with Gasteiger partial charge in [0.1, 0.15) is 0 Å². The molecule has 0 amide bonds. The SMILES string of the molecule is CCCNc1nc(Cl)nc(N2CCC(OC)C2)n1. The van der Waals surface area contributed by atoms with Crippen LogP contribution in [0.25, 0.3) is 0 Å². The molecule has 1 aromatic rings. The van der Waals surface area contributed by atoms with Crippen LogP contribution >= 0.6 is 11.6 Å². The van der Waals surface area contributed by atoms with E-state index in [1.54, 1.807) is 7.11 Å². The number of anilines is 2. The van der Waals surface area contributed by atoms with Crippen molar-refractivity contribution in [3.63, 3.8) is 0 Å². The average Bonchev–Trinajstić information content (AvgIpc) is 2.84. The van der Waals surface area contributed by atoms with Crippen LogP contribution in [0.1, 0.15) is 19.8 Å². The van der Waals surface area contributed by atoms with Crippen LogP contribution in [0.2, 0.25) is 5.28 Å². The molecule has 0 aromatic carbocycles. The first-order chi connectivity index (χ1) is 8.72. The molecular weight excluding hydrogens is 254 g/mol. The zero-order valence-corrected chi connectivity index (χ0v) is 11.4. The van der Waals surface area contributed by atoms with Crippen LogP contribution in [-0.2, 0) is 4.74 Å². The smallest absolute Gasteiger partial charge is 0.231 e. The second-order valence-electron chi connectivity index (χ2n) is 4.25. The Morgan fingerprint density at radius 1 is 1.44 bits per heavy atom. The van der Waals surface area contributed by atoms with Crippen LogP contribution in [0, 0.1) is 0 Å². The van der Waals surface area contributed by atoms with Gasteiger partial charge in [0.25, 0.3) is 0 Å². The minimum atomic E-state index is 0.222. The lowest BCUT2D eigenvalue weighted by Gasteiger charge is -2.16. The minimum absolute atomic E-state index is 0.222. The number of halogens is 1. The minimum Gasteiger partial charge on any atom is -0.380 e. The maximum Gasteiger partial charge on any atom is 0.231 e. The molecule has 1 aromatic heterocycles. The molecule has 1 aliphatic heterocycles. The van der Waals surface area contributed by atoms with Gasteiger partial charge in [0, 0.05) is 26.7 Å². The normalized spacial score (nSPS) is 19.3. The molecule has 2 heterocycles. The van der Waals surface area contributed by atoms with Crippen LogP contribution in [0.3, 0.4) is 0 Å². The van der Waals surface area contributed by atoms with E-state index in [0.717, 1.165) is 32.5 Å². The van der Waals surface area contributed by atoms with Crippen LogP contribution in [0.4, 0.5) is 11.9 Å². The topological polar surface area (TPSA) is 63.2 Å². The molecule has 0 spiro atoms. The van der Waals surface area contributed by atoms with E-state index in [2.05, 4.69) is 32.1 Å². The molecule has 18 heavy (non-hydrogen) atoms. The first-order valence-corrected chi connectivity index (χ1v) is 6.54. The number of hydrogen-bond acceptors (Lipinski definition) is 6. The van der Waals surface area contributed by atoms with Crippen molar-refractivity contribution in [2.75, 3.05) is 37.0 Å². The second kappa shape index (κ2) is 6.15. The molecular formula is C11H18ClN5O. The third kappa shape index (κ3) is 3.20. The zero-order valence-electron chi connectivity index (χ0n) is 10.7. The van der Waals surface area contributed by atoms with Gasteiger partial charge in [-0.15, -0.1) is 0 Å². The molecule has 0 radical (unpaired) electrons. The fourth-order valence-electron chi connectivity index (χ4n) is 1.90. The van der Waals surface area contributed by atoms with Crippen molar-refractivity contribution in [1.29, 1.82) is 0 Å². The Balaban J connectivity index is 2.10. The maximum absolute atomic E-state index is 5.92. The van der Waals surface area contributed by atoms with Crippen molar-refractivity contribution >= 4 is 23.5 Å². The van der Waals surface area contributed by atoms with E-state index in [0.29, 0.717) is 11.9 Å². The van der Waals surface area contributed by atoms with Gasteiger partial charge in [-0.1, -0.05) is 6.92 Å². The number of aromatic nitrogens is 3. The highest BCUT2D eigenvalue weighted by atomic mass is 35.5.